The summed E-state index contributed by atoms with van der Waals surface area (Å²) in [6.07, 6.45) is 3.80. The number of hydrogen-bond donors (Lipinski definition) is 0. The lowest BCUT2D eigenvalue weighted by atomic mass is 10.1. The van der Waals surface area contributed by atoms with Crippen LogP contribution in [-0.2, 0) is 0 Å². The molecule has 51 heavy (non-hydrogen) atoms. The monoisotopic (exact) mass is 670 g/mol. The van der Waals surface area contributed by atoms with Gasteiger partial charge in [-0.25, -0.2) is 4.98 Å². The van der Waals surface area contributed by atoms with Crippen molar-refractivity contribution in [2.45, 2.75) is 0 Å². The minimum Gasteiger partial charge on any atom is -0.307 e. The van der Waals surface area contributed by atoms with Gasteiger partial charge >= 0.3 is 0 Å². The average Bonchev–Trinajstić information content (AvgIpc) is 3.86. The highest BCUT2D eigenvalue weighted by atomic mass is 32.1. The predicted molar refractivity (Wildman–Crippen MR) is 210 cm³/mol. The molecular formula is C44H26N6S. The van der Waals surface area contributed by atoms with E-state index in [-0.39, 0.29) is 0 Å². The first kappa shape index (κ1) is 28.2. The van der Waals surface area contributed by atoms with E-state index in [4.69, 9.17) is 15.0 Å². The van der Waals surface area contributed by atoms with Crippen LogP contribution in [0.5, 0.6) is 0 Å². The van der Waals surface area contributed by atoms with Crippen molar-refractivity contribution >= 4 is 75.1 Å². The Bertz CT molecular complexity index is 3060. The molecular weight excluding hydrogens is 645 g/mol. The van der Waals surface area contributed by atoms with Crippen LogP contribution in [0.1, 0.15) is 0 Å². The zero-order chi connectivity index (χ0) is 33.5. The van der Waals surface area contributed by atoms with E-state index in [2.05, 4.69) is 160 Å². The number of hydrogen-bond acceptors (Lipinski definition) is 5. The van der Waals surface area contributed by atoms with Gasteiger partial charge in [0.25, 0.3) is 0 Å². The van der Waals surface area contributed by atoms with E-state index in [1.54, 1.807) is 11.3 Å². The minimum atomic E-state index is 0.572. The van der Waals surface area contributed by atoms with Gasteiger partial charge in [-0.05, 0) is 48.5 Å². The van der Waals surface area contributed by atoms with Gasteiger partial charge in [0, 0.05) is 59.0 Å². The lowest BCUT2D eigenvalue weighted by Gasteiger charge is -2.15. The normalized spacial score (nSPS) is 11.9. The highest BCUT2D eigenvalue weighted by Gasteiger charge is 2.22. The first-order valence-electron chi connectivity index (χ1n) is 16.9. The highest BCUT2D eigenvalue weighted by molar-refractivity contribution is 7.25. The zero-order valence-corrected chi connectivity index (χ0v) is 27.9. The summed E-state index contributed by atoms with van der Waals surface area (Å²) in [5, 5.41) is 6.98. The lowest BCUT2D eigenvalue weighted by molar-refractivity contribution is 0.952. The van der Waals surface area contributed by atoms with E-state index in [0.29, 0.717) is 17.6 Å². The molecule has 11 aromatic rings. The van der Waals surface area contributed by atoms with Gasteiger partial charge in [0.15, 0.2) is 11.6 Å². The van der Waals surface area contributed by atoms with Crippen molar-refractivity contribution in [3.8, 4) is 34.4 Å². The molecule has 6 aromatic carbocycles. The Labute approximate surface area is 295 Å². The van der Waals surface area contributed by atoms with Gasteiger partial charge in [0.1, 0.15) is 0 Å². The topological polar surface area (TPSA) is 61.4 Å². The molecule has 0 radical (unpaired) electrons. The second-order valence-electron chi connectivity index (χ2n) is 12.7. The molecule has 0 atom stereocenters. The third-order valence-corrected chi connectivity index (χ3v) is 11.0. The summed E-state index contributed by atoms with van der Waals surface area (Å²) in [6, 6.07) is 50.9. The maximum Gasteiger partial charge on any atom is 0.238 e. The molecule has 7 heteroatoms. The van der Waals surface area contributed by atoms with Crippen molar-refractivity contribution in [2.24, 2.45) is 0 Å². The second kappa shape index (κ2) is 10.9. The largest absolute Gasteiger partial charge is 0.307 e. The fraction of sp³-hybridized carbons (Fsp3) is 0. The molecule has 0 amide bonds. The van der Waals surface area contributed by atoms with Crippen molar-refractivity contribution in [1.29, 1.82) is 0 Å². The smallest absolute Gasteiger partial charge is 0.238 e. The van der Waals surface area contributed by atoms with Crippen LogP contribution >= 0.6 is 11.3 Å². The fourth-order valence-electron chi connectivity index (χ4n) is 7.74. The first-order valence-corrected chi connectivity index (χ1v) is 17.7. The van der Waals surface area contributed by atoms with E-state index in [0.717, 1.165) is 60.4 Å². The average molecular weight is 671 g/mol. The van der Waals surface area contributed by atoms with E-state index < -0.39 is 0 Å². The summed E-state index contributed by atoms with van der Waals surface area (Å²) >= 11 is 1.79. The molecule has 5 heterocycles. The molecule has 0 N–H and O–H groups in total. The third kappa shape index (κ3) is 4.16. The number of benzene rings is 6. The molecule has 0 aliphatic rings. The number of para-hydroxylation sites is 4. The summed E-state index contributed by atoms with van der Waals surface area (Å²) < 4.78 is 6.90. The Morgan fingerprint density at radius 2 is 0.961 bits per heavy atom. The molecule has 0 saturated carbocycles. The second-order valence-corrected chi connectivity index (χ2v) is 13.8. The van der Waals surface area contributed by atoms with Gasteiger partial charge in [-0.1, -0.05) is 97.1 Å². The maximum absolute atomic E-state index is 5.35. The van der Waals surface area contributed by atoms with Crippen LogP contribution in [-0.4, -0.2) is 29.1 Å². The van der Waals surface area contributed by atoms with Gasteiger partial charge < -0.3 is 4.57 Å². The Balaban J connectivity index is 1.25. The number of fused-ring (bicyclic) bond motifs is 9. The maximum atomic E-state index is 5.35. The summed E-state index contributed by atoms with van der Waals surface area (Å²) in [6.45, 7) is 0. The molecule has 0 bridgehead atoms. The van der Waals surface area contributed by atoms with E-state index in [9.17, 15) is 0 Å². The van der Waals surface area contributed by atoms with Crippen molar-refractivity contribution in [2.75, 3.05) is 0 Å². The number of rotatable bonds is 4. The van der Waals surface area contributed by atoms with Crippen LogP contribution < -0.4 is 0 Å². The van der Waals surface area contributed by atoms with Crippen LogP contribution in [0.4, 0.5) is 0 Å². The summed E-state index contributed by atoms with van der Waals surface area (Å²) in [5.74, 6) is 1.80. The van der Waals surface area contributed by atoms with Gasteiger partial charge in [0.2, 0.25) is 5.95 Å². The van der Waals surface area contributed by atoms with Crippen molar-refractivity contribution in [3.63, 3.8) is 0 Å². The molecule has 0 spiro atoms. The molecule has 238 valence electrons. The SMILES string of the molecule is c1ccc(-n2c3ccccc3c3ccncc32)c(-c2nc(-c3cccc4sc5ccccc5c34)nc(-n3c4ccccc4c4ccccc43)n2)c1. The first-order chi connectivity index (χ1) is 25.3. The van der Waals surface area contributed by atoms with Crippen molar-refractivity contribution in [3.05, 3.63) is 158 Å². The minimum absolute atomic E-state index is 0.572. The third-order valence-electron chi connectivity index (χ3n) is 9.91. The van der Waals surface area contributed by atoms with Gasteiger partial charge in [0.05, 0.1) is 34.0 Å². The van der Waals surface area contributed by atoms with E-state index >= 15 is 0 Å². The van der Waals surface area contributed by atoms with Crippen molar-refractivity contribution < 1.29 is 0 Å². The van der Waals surface area contributed by atoms with Crippen LogP contribution in [0.25, 0.3) is 98.2 Å². The molecule has 0 aliphatic heterocycles. The van der Waals surface area contributed by atoms with Gasteiger partial charge in [-0.15, -0.1) is 11.3 Å². The molecule has 6 nitrogen and oxygen atoms in total. The quantitative estimate of drug-likeness (QED) is 0.187. The number of pyridine rings is 1. The Kier molecular flexibility index (Phi) is 6.02. The molecule has 11 rings (SSSR count). The van der Waals surface area contributed by atoms with Crippen molar-refractivity contribution in [1.82, 2.24) is 29.1 Å². The van der Waals surface area contributed by atoms with E-state index in [1.807, 2.05) is 12.4 Å². The molecule has 5 aromatic heterocycles. The fourth-order valence-corrected chi connectivity index (χ4v) is 8.87. The summed E-state index contributed by atoms with van der Waals surface area (Å²) in [7, 11) is 0. The van der Waals surface area contributed by atoms with Crippen LogP contribution in [0.15, 0.2) is 158 Å². The zero-order valence-electron chi connectivity index (χ0n) is 27.1. The standard InChI is InChI=1S/C44H26N6S/c1-6-18-34-29(14-1)30-24-25-45-26-38(30)49(34)37-21-9-4-15-31(37)42-46-43(33-17-11-23-40-41(33)32-16-5-10-22-39(32)51-40)48-44(47-42)50-35-19-7-2-12-27(35)28-13-3-8-20-36(28)50/h1-26H. The van der Waals surface area contributed by atoms with Crippen LogP contribution in [0, 0.1) is 0 Å². The molecule has 0 aliphatic carbocycles. The number of nitrogens with zero attached hydrogens (tertiary/aromatic N) is 6. The molecule has 0 unspecified atom stereocenters. The van der Waals surface area contributed by atoms with Crippen LogP contribution in [0.3, 0.4) is 0 Å². The highest BCUT2D eigenvalue weighted by Crippen LogP contribution is 2.41. The molecule has 0 fully saturated rings. The van der Waals surface area contributed by atoms with Gasteiger partial charge in [-0.2, -0.15) is 9.97 Å². The lowest BCUT2D eigenvalue weighted by Crippen LogP contribution is -2.08. The molecule has 0 saturated heterocycles. The Morgan fingerprint density at radius 3 is 1.71 bits per heavy atom. The van der Waals surface area contributed by atoms with Gasteiger partial charge in [-0.3, -0.25) is 9.55 Å². The van der Waals surface area contributed by atoms with Crippen LogP contribution in [0.2, 0.25) is 0 Å². The Morgan fingerprint density at radius 1 is 0.412 bits per heavy atom. The predicted octanol–water partition coefficient (Wildman–Crippen LogP) is 11.2. The number of aromatic nitrogens is 6. The summed E-state index contributed by atoms with van der Waals surface area (Å²) in [4.78, 5) is 20.6. The number of thiophene rings is 1. The Hall–Kier alpha value is -6.70. The van der Waals surface area contributed by atoms with E-state index in [1.165, 1.54) is 20.2 Å². The summed E-state index contributed by atoms with van der Waals surface area (Å²) in [5.41, 5.74) is 7.06.